The lowest BCUT2D eigenvalue weighted by Crippen LogP contribution is -2.19. The number of amides is 1. The molecule has 2 aromatic rings. The third kappa shape index (κ3) is 3.88. The van der Waals surface area contributed by atoms with E-state index < -0.39 is 5.97 Å². The average Bonchev–Trinajstić information content (AvgIpc) is 2.90. The van der Waals surface area contributed by atoms with Crippen LogP contribution in [0.1, 0.15) is 16.1 Å². The van der Waals surface area contributed by atoms with Crippen LogP contribution in [0.2, 0.25) is 0 Å². The van der Waals surface area contributed by atoms with Crippen molar-refractivity contribution in [1.29, 1.82) is 0 Å². The van der Waals surface area contributed by atoms with Crippen molar-refractivity contribution in [1.82, 2.24) is 15.0 Å². The Labute approximate surface area is 129 Å². The van der Waals surface area contributed by atoms with Crippen LogP contribution in [0.15, 0.2) is 28.9 Å². The Balaban J connectivity index is 1.99. The number of halogens is 1. The summed E-state index contributed by atoms with van der Waals surface area (Å²) in [5.74, 6) is -0.858. The van der Waals surface area contributed by atoms with Crippen molar-refractivity contribution in [2.75, 3.05) is 12.4 Å². The van der Waals surface area contributed by atoms with Crippen molar-refractivity contribution in [2.24, 2.45) is 0 Å². The van der Waals surface area contributed by atoms with Crippen LogP contribution in [-0.2, 0) is 16.1 Å². The second-order valence-electron chi connectivity index (χ2n) is 4.31. The molecular weight excluding hydrogens is 340 g/mol. The summed E-state index contributed by atoms with van der Waals surface area (Å²) in [6.45, 7) is 1.89. The largest absolute Gasteiger partial charge is 0.464 e. The van der Waals surface area contributed by atoms with Gasteiger partial charge in [0, 0.05) is 10.2 Å². The number of methoxy groups -OCH3 is 1. The zero-order chi connectivity index (χ0) is 15.4. The Morgan fingerprint density at radius 1 is 1.43 bits per heavy atom. The molecule has 0 aliphatic heterocycles. The minimum Gasteiger partial charge on any atom is -0.464 e. The van der Waals surface area contributed by atoms with Crippen molar-refractivity contribution in [3.05, 3.63) is 40.1 Å². The van der Waals surface area contributed by atoms with Crippen LogP contribution >= 0.6 is 15.9 Å². The highest BCUT2D eigenvalue weighted by molar-refractivity contribution is 9.10. The molecule has 0 aliphatic rings. The van der Waals surface area contributed by atoms with Gasteiger partial charge in [0.25, 0.3) is 0 Å². The molecule has 1 aromatic heterocycles. The molecule has 2 rings (SSSR count). The molecule has 0 aliphatic carbocycles. The summed E-state index contributed by atoms with van der Waals surface area (Å²) in [7, 11) is 1.25. The number of ether oxygens (including phenoxy) is 1. The summed E-state index contributed by atoms with van der Waals surface area (Å²) in [6.07, 6.45) is 1.36. The first kappa shape index (κ1) is 15.2. The lowest BCUT2D eigenvalue weighted by Gasteiger charge is -2.06. The molecule has 110 valence electrons. The van der Waals surface area contributed by atoms with Crippen LogP contribution in [-0.4, -0.2) is 34.0 Å². The van der Waals surface area contributed by atoms with Crippen molar-refractivity contribution in [3.63, 3.8) is 0 Å². The molecule has 1 amide bonds. The van der Waals surface area contributed by atoms with E-state index in [0.29, 0.717) is 5.69 Å². The number of hydrogen-bond acceptors (Lipinski definition) is 5. The molecule has 8 heteroatoms. The van der Waals surface area contributed by atoms with E-state index in [1.807, 2.05) is 19.1 Å². The maximum Gasteiger partial charge on any atom is 0.360 e. The van der Waals surface area contributed by atoms with Gasteiger partial charge in [-0.1, -0.05) is 21.1 Å². The number of benzene rings is 1. The highest BCUT2D eigenvalue weighted by atomic mass is 79.9. The van der Waals surface area contributed by atoms with Gasteiger partial charge in [0.1, 0.15) is 6.54 Å². The standard InChI is InChI=1S/C13H13BrN4O3/c1-8-5-9(3-4-10(8)14)15-12(19)7-18-6-11(16-17-18)13(20)21-2/h3-6H,7H2,1-2H3,(H,15,19). The van der Waals surface area contributed by atoms with Gasteiger partial charge in [-0.15, -0.1) is 5.10 Å². The molecule has 1 N–H and O–H groups in total. The fraction of sp³-hybridized carbons (Fsp3) is 0.231. The number of carbonyl (C=O) groups excluding carboxylic acids is 2. The van der Waals surface area contributed by atoms with Crippen LogP contribution in [0.5, 0.6) is 0 Å². The number of rotatable bonds is 4. The highest BCUT2D eigenvalue weighted by Gasteiger charge is 2.12. The molecule has 0 saturated heterocycles. The van der Waals surface area contributed by atoms with E-state index in [1.54, 1.807) is 6.07 Å². The topological polar surface area (TPSA) is 86.1 Å². The van der Waals surface area contributed by atoms with Gasteiger partial charge in [0.2, 0.25) is 5.91 Å². The number of aryl methyl sites for hydroxylation is 1. The second-order valence-corrected chi connectivity index (χ2v) is 5.16. The Kier molecular flexibility index (Phi) is 4.69. The van der Waals surface area contributed by atoms with E-state index in [0.717, 1.165) is 10.0 Å². The molecule has 0 atom stereocenters. The van der Waals surface area contributed by atoms with Crippen LogP contribution in [0.25, 0.3) is 0 Å². The van der Waals surface area contributed by atoms with Crippen LogP contribution < -0.4 is 5.32 Å². The van der Waals surface area contributed by atoms with Crippen molar-refractivity contribution in [3.8, 4) is 0 Å². The second kappa shape index (κ2) is 6.49. The van der Waals surface area contributed by atoms with Gasteiger partial charge in [-0.05, 0) is 30.7 Å². The van der Waals surface area contributed by atoms with Gasteiger partial charge in [-0.2, -0.15) is 0 Å². The minimum atomic E-state index is -0.592. The lowest BCUT2D eigenvalue weighted by atomic mass is 10.2. The number of aromatic nitrogens is 3. The summed E-state index contributed by atoms with van der Waals surface area (Å²) in [5, 5.41) is 10.1. The van der Waals surface area contributed by atoms with E-state index in [2.05, 4.69) is 36.3 Å². The maximum atomic E-state index is 11.9. The first-order valence-electron chi connectivity index (χ1n) is 6.04. The van der Waals surface area contributed by atoms with Gasteiger partial charge in [-0.25, -0.2) is 9.48 Å². The van der Waals surface area contributed by atoms with Gasteiger partial charge in [-0.3, -0.25) is 4.79 Å². The third-order valence-corrected chi connectivity index (χ3v) is 3.57. The lowest BCUT2D eigenvalue weighted by molar-refractivity contribution is -0.116. The van der Waals surface area contributed by atoms with Gasteiger partial charge >= 0.3 is 5.97 Å². The molecule has 1 heterocycles. The van der Waals surface area contributed by atoms with E-state index in [-0.39, 0.29) is 18.1 Å². The molecule has 0 spiro atoms. The van der Waals surface area contributed by atoms with Crippen LogP contribution in [0.3, 0.4) is 0 Å². The summed E-state index contributed by atoms with van der Waals surface area (Å²) in [5.41, 5.74) is 1.76. The SMILES string of the molecule is COC(=O)c1cn(CC(=O)Nc2ccc(Br)c(C)c2)nn1. The molecule has 0 saturated carbocycles. The quantitative estimate of drug-likeness (QED) is 0.847. The number of anilines is 1. The Hall–Kier alpha value is -2.22. The van der Waals surface area contributed by atoms with Crippen molar-refractivity contribution in [2.45, 2.75) is 13.5 Å². The van der Waals surface area contributed by atoms with Gasteiger partial charge in [0.05, 0.1) is 13.3 Å². The number of nitrogens with one attached hydrogen (secondary N) is 1. The maximum absolute atomic E-state index is 11.9. The number of hydrogen-bond donors (Lipinski definition) is 1. The number of carbonyl (C=O) groups is 2. The molecule has 7 nitrogen and oxygen atoms in total. The van der Waals surface area contributed by atoms with Crippen molar-refractivity contribution < 1.29 is 14.3 Å². The predicted molar refractivity (Wildman–Crippen MR) is 78.9 cm³/mol. The van der Waals surface area contributed by atoms with Gasteiger partial charge in [0.15, 0.2) is 5.69 Å². The van der Waals surface area contributed by atoms with Crippen LogP contribution in [0, 0.1) is 6.92 Å². The summed E-state index contributed by atoms with van der Waals surface area (Å²) < 4.78 is 6.76. The molecule has 0 unspecified atom stereocenters. The number of nitrogens with zero attached hydrogens (tertiary/aromatic N) is 3. The fourth-order valence-corrected chi connectivity index (χ4v) is 1.89. The number of esters is 1. The zero-order valence-electron chi connectivity index (χ0n) is 11.5. The van der Waals surface area contributed by atoms with E-state index in [1.165, 1.54) is 18.0 Å². The average molecular weight is 353 g/mol. The Bertz CT molecular complexity index is 684. The predicted octanol–water partition coefficient (Wildman–Crippen LogP) is 1.77. The fourth-order valence-electron chi connectivity index (χ4n) is 1.64. The van der Waals surface area contributed by atoms with E-state index >= 15 is 0 Å². The van der Waals surface area contributed by atoms with Gasteiger partial charge < -0.3 is 10.1 Å². The normalized spacial score (nSPS) is 10.2. The smallest absolute Gasteiger partial charge is 0.360 e. The Morgan fingerprint density at radius 3 is 2.86 bits per heavy atom. The molecule has 0 bridgehead atoms. The van der Waals surface area contributed by atoms with E-state index in [4.69, 9.17) is 0 Å². The first-order chi connectivity index (χ1) is 9.99. The van der Waals surface area contributed by atoms with Crippen molar-refractivity contribution >= 4 is 33.5 Å². The molecule has 0 radical (unpaired) electrons. The third-order valence-electron chi connectivity index (χ3n) is 2.68. The molecule has 21 heavy (non-hydrogen) atoms. The molecular formula is C13H13BrN4O3. The summed E-state index contributed by atoms with van der Waals surface area (Å²) >= 11 is 3.39. The van der Waals surface area contributed by atoms with E-state index in [9.17, 15) is 9.59 Å². The van der Waals surface area contributed by atoms with Crippen LogP contribution in [0.4, 0.5) is 5.69 Å². The Morgan fingerprint density at radius 2 is 2.19 bits per heavy atom. The summed E-state index contributed by atoms with van der Waals surface area (Å²) in [4.78, 5) is 23.1. The minimum absolute atomic E-state index is 0.0426. The zero-order valence-corrected chi connectivity index (χ0v) is 13.0. The summed E-state index contributed by atoms with van der Waals surface area (Å²) in [6, 6.07) is 5.50. The molecule has 1 aromatic carbocycles. The highest BCUT2D eigenvalue weighted by Crippen LogP contribution is 2.19. The molecule has 0 fully saturated rings. The monoisotopic (exact) mass is 352 g/mol. The first-order valence-corrected chi connectivity index (χ1v) is 6.83.